The summed E-state index contributed by atoms with van der Waals surface area (Å²) < 4.78 is 1.97. The molecule has 8 heteroatoms. The summed E-state index contributed by atoms with van der Waals surface area (Å²) in [4.78, 5) is 23.5. The van der Waals surface area contributed by atoms with E-state index in [2.05, 4.69) is 22.5 Å². The number of nitrogens with one attached hydrogen (secondary N) is 1. The van der Waals surface area contributed by atoms with Crippen LogP contribution in [0.5, 0.6) is 0 Å². The number of hydrogen-bond acceptors (Lipinski definition) is 4. The molecule has 0 bridgehead atoms. The summed E-state index contributed by atoms with van der Waals surface area (Å²) in [6.07, 6.45) is 4.34. The predicted octanol–water partition coefficient (Wildman–Crippen LogP) is 4.30. The van der Waals surface area contributed by atoms with Crippen LogP contribution in [0.1, 0.15) is 46.1 Å². The van der Waals surface area contributed by atoms with Crippen LogP contribution < -0.4 is 5.32 Å². The van der Waals surface area contributed by atoms with Gasteiger partial charge in [-0.05, 0) is 37.0 Å². The third-order valence-electron chi connectivity index (χ3n) is 5.14. The van der Waals surface area contributed by atoms with E-state index < -0.39 is 10.8 Å². The van der Waals surface area contributed by atoms with Gasteiger partial charge in [-0.1, -0.05) is 41.9 Å². The Balaban J connectivity index is 1.57. The van der Waals surface area contributed by atoms with E-state index >= 15 is 0 Å². The van der Waals surface area contributed by atoms with Crippen LogP contribution in [-0.2, 0) is 13.0 Å². The maximum Gasteiger partial charge on any atom is 0.283 e. The fraction of sp³-hybridized carbons (Fsp3) is 0.238. The Morgan fingerprint density at radius 1 is 1.28 bits per heavy atom. The summed E-state index contributed by atoms with van der Waals surface area (Å²) in [5.41, 5.74) is 2.92. The molecule has 0 saturated carbocycles. The van der Waals surface area contributed by atoms with Crippen LogP contribution in [0.3, 0.4) is 0 Å². The molecule has 0 fully saturated rings. The van der Waals surface area contributed by atoms with Gasteiger partial charge in [-0.25, -0.2) is 0 Å². The molecule has 29 heavy (non-hydrogen) atoms. The molecule has 1 aliphatic carbocycles. The molecule has 0 spiro atoms. The van der Waals surface area contributed by atoms with Crippen molar-refractivity contribution in [2.24, 2.45) is 0 Å². The lowest BCUT2D eigenvalue weighted by molar-refractivity contribution is -0.385. The van der Waals surface area contributed by atoms with Crippen molar-refractivity contribution in [3.8, 4) is 0 Å². The Bertz CT molecular complexity index is 1070. The molecule has 1 atom stereocenters. The first kappa shape index (κ1) is 19.1. The van der Waals surface area contributed by atoms with Crippen LogP contribution in [0.4, 0.5) is 5.69 Å². The summed E-state index contributed by atoms with van der Waals surface area (Å²) in [5, 5.41) is 19.0. The summed E-state index contributed by atoms with van der Waals surface area (Å²) in [6.45, 7) is 0.666. The van der Waals surface area contributed by atoms with Gasteiger partial charge in [-0.3, -0.25) is 19.6 Å². The van der Waals surface area contributed by atoms with Gasteiger partial charge >= 0.3 is 0 Å². The summed E-state index contributed by atoms with van der Waals surface area (Å²) in [7, 11) is 0. The molecule has 1 aromatic heterocycles. The number of aromatic nitrogens is 2. The SMILES string of the molecule is O=C(NC1CCCc2c1cnn2Cc1ccccc1)c1ccc(Cl)cc1[N+](=O)[O-]. The Morgan fingerprint density at radius 2 is 2.07 bits per heavy atom. The van der Waals surface area contributed by atoms with E-state index in [1.54, 1.807) is 6.20 Å². The number of benzene rings is 2. The van der Waals surface area contributed by atoms with Gasteiger partial charge in [0.25, 0.3) is 11.6 Å². The highest BCUT2D eigenvalue weighted by Crippen LogP contribution is 2.31. The molecule has 0 saturated heterocycles. The molecule has 1 amide bonds. The second-order valence-electron chi connectivity index (χ2n) is 7.03. The van der Waals surface area contributed by atoms with Gasteiger partial charge in [0, 0.05) is 22.3 Å². The Kier molecular flexibility index (Phi) is 5.31. The quantitative estimate of drug-likeness (QED) is 0.501. The van der Waals surface area contributed by atoms with E-state index in [0.717, 1.165) is 36.1 Å². The van der Waals surface area contributed by atoms with Gasteiger partial charge in [-0.2, -0.15) is 5.10 Å². The fourth-order valence-electron chi connectivity index (χ4n) is 3.75. The second kappa shape index (κ2) is 8.05. The lowest BCUT2D eigenvalue weighted by atomic mass is 9.92. The maximum absolute atomic E-state index is 12.8. The van der Waals surface area contributed by atoms with Crippen molar-refractivity contribution in [2.45, 2.75) is 31.8 Å². The predicted molar refractivity (Wildman–Crippen MR) is 109 cm³/mol. The molecule has 0 aliphatic heterocycles. The molecule has 1 unspecified atom stereocenters. The van der Waals surface area contributed by atoms with E-state index in [0.29, 0.717) is 6.54 Å². The lowest BCUT2D eigenvalue weighted by Crippen LogP contribution is -2.31. The number of amides is 1. The highest BCUT2D eigenvalue weighted by molar-refractivity contribution is 6.31. The van der Waals surface area contributed by atoms with Gasteiger partial charge in [0.05, 0.1) is 23.7 Å². The summed E-state index contributed by atoms with van der Waals surface area (Å²) in [6, 6.07) is 13.9. The van der Waals surface area contributed by atoms with Crippen molar-refractivity contribution in [3.63, 3.8) is 0 Å². The molecule has 148 valence electrons. The number of fused-ring (bicyclic) bond motifs is 1. The van der Waals surface area contributed by atoms with Crippen molar-refractivity contribution in [1.82, 2.24) is 15.1 Å². The van der Waals surface area contributed by atoms with Crippen molar-refractivity contribution in [3.05, 3.63) is 92.2 Å². The van der Waals surface area contributed by atoms with Crippen molar-refractivity contribution in [1.29, 1.82) is 0 Å². The molecule has 1 aliphatic rings. The van der Waals surface area contributed by atoms with Crippen LogP contribution in [0.2, 0.25) is 5.02 Å². The molecule has 7 nitrogen and oxygen atoms in total. The van der Waals surface area contributed by atoms with Gasteiger partial charge < -0.3 is 5.32 Å². The lowest BCUT2D eigenvalue weighted by Gasteiger charge is -2.24. The molecule has 1 N–H and O–H groups in total. The maximum atomic E-state index is 12.8. The number of carbonyl (C=O) groups is 1. The topological polar surface area (TPSA) is 90.1 Å². The monoisotopic (exact) mass is 410 g/mol. The number of rotatable bonds is 5. The zero-order valence-corrected chi connectivity index (χ0v) is 16.3. The standard InChI is InChI=1S/C21H19ClN4O3/c22-15-9-10-16(20(11-15)26(28)29)21(27)24-18-7-4-8-19-17(18)12-23-25(19)13-14-5-2-1-3-6-14/h1-3,5-6,9-12,18H,4,7-8,13H2,(H,24,27). The minimum atomic E-state index is -0.592. The number of nitro groups is 1. The van der Waals surface area contributed by atoms with Gasteiger partial charge in [0.1, 0.15) is 5.56 Å². The van der Waals surface area contributed by atoms with Crippen LogP contribution >= 0.6 is 11.6 Å². The number of nitrogens with zero attached hydrogens (tertiary/aromatic N) is 3. The number of halogens is 1. The highest BCUT2D eigenvalue weighted by Gasteiger charge is 2.28. The minimum absolute atomic E-state index is 0.00296. The van der Waals surface area contributed by atoms with Crippen LogP contribution in [0.15, 0.2) is 54.7 Å². The molecule has 4 rings (SSSR count). The van der Waals surface area contributed by atoms with E-state index in [9.17, 15) is 14.9 Å². The Hall–Kier alpha value is -3.19. The van der Waals surface area contributed by atoms with E-state index in [1.807, 2.05) is 22.9 Å². The largest absolute Gasteiger partial charge is 0.345 e. The number of nitro benzene ring substituents is 1. The smallest absolute Gasteiger partial charge is 0.283 e. The first-order valence-electron chi connectivity index (χ1n) is 9.36. The van der Waals surface area contributed by atoms with E-state index in [1.165, 1.54) is 18.2 Å². The number of carbonyl (C=O) groups excluding carboxylic acids is 1. The molecule has 1 heterocycles. The van der Waals surface area contributed by atoms with Gasteiger partial charge in [0.2, 0.25) is 0 Å². The Labute approximate surface area is 172 Å². The van der Waals surface area contributed by atoms with Crippen LogP contribution in [0.25, 0.3) is 0 Å². The van der Waals surface area contributed by atoms with Crippen molar-refractivity contribution in [2.75, 3.05) is 0 Å². The molecule has 2 aromatic carbocycles. The third kappa shape index (κ3) is 4.00. The average molecular weight is 411 g/mol. The molecular formula is C21H19ClN4O3. The molecule has 0 radical (unpaired) electrons. The fourth-order valence-corrected chi connectivity index (χ4v) is 3.91. The van der Waals surface area contributed by atoms with Gasteiger partial charge in [-0.15, -0.1) is 0 Å². The zero-order chi connectivity index (χ0) is 20.4. The number of hydrogen-bond donors (Lipinski definition) is 1. The van der Waals surface area contributed by atoms with Gasteiger partial charge in [0.15, 0.2) is 0 Å². The normalized spacial score (nSPS) is 15.6. The molecule has 3 aromatic rings. The summed E-state index contributed by atoms with van der Waals surface area (Å²) in [5.74, 6) is -0.484. The molecular weight excluding hydrogens is 392 g/mol. The van der Waals surface area contributed by atoms with E-state index in [4.69, 9.17) is 11.6 Å². The zero-order valence-electron chi connectivity index (χ0n) is 15.5. The average Bonchev–Trinajstić information content (AvgIpc) is 3.12. The van der Waals surface area contributed by atoms with Crippen LogP contribution in [-0.4, -0.2) is 20.6 Å². The van der Waals surface area contributed by atoms with Crippen molar-refractivity contribution < 1.29 is 9.72 Å². The summed E-state index contributed by atoms with van der Waals surface area (Å²) >= 11 is 5.85. The first-order chi connectivity index (χ1) is 14.0. The minimum Gasteiger partial charge on any atom is -0.345 e. The third-order valence-corrected chi connectivity index (χ3v) is 5.38. The second-order valence-corrected chi connectivity index (χ2v) is 7.46. The Morgan fingerprint density at radius 3 is 2.83 bits per heavy atom. The van der Waals surface area contributed by atoms with E-state index in [-0.39, 0.29) is 22.3 Å². The highest BCUT2D eigenvalue weighted by atomic mass is 35.5. The van der Waals surface area contributed by atoms with Crippen LogP contribution in [0, 0.1) is 10.1 Å². The van der Waals surface area contributed by atoms with Crippen molar-refractivity contribution >= 4 is 23.2 Å². The first-order valence-corrected chi connectivity index (χ1v) is 9.74.